The Morgan fingerprint density at radius 1 is 0.804 bits per heavy atom. The maximum atomic E-state index is 14.6. The van der Waals surface area contributed by atoms with Crippen molar-refractivity contribution in [3.63, 3.8) is 0 Å². The molecule has 0 unspecified atom stereocenters. The first-order valence-electron chi connectivity index (χ1n) is 14.4. The number of halogens is 1. The second-order valence-electron chi connectivity index (χ2n) is 10.9. The standard InChI is InChI=1S/C33H28FN9O2S/c1-46(44,45)39-17-21-9-23(12-26(34)11-21)29-31-28(7-8-37-29)40-33(41-31)30-27-13-25(19-38-32(27)43-42-30)24-10-22(16-36-18-24)15-35-14-20-5-3-2-4-6-20/h2-13,16,18-19,35,39H,14-15,17H2,1H3,(H,40,41)(H,38,42,43). The second-order valence-corrected chi connectivity index (χ2v) is 12.8. The Kier molecular flexibility index (Phi) is 7.78. The maximum absolute atomic E-state index is 14.6. The number of hydrogen-bond acceptors (Lipinski definition) is 8. The predicted octanol–water partition coefficient (Wildman–Crippen LogP) is 5.10. The molecular weight excluding hydrogens is 605 g/mol. The third kappa shape index (κ3) is 6.38. The summed E-state index contributed by atoms with van der Waals surface area (Å²) in [7, 11) is -3.45. The molecule has 7 aromatic rings. The number of imidazole rings is 1. The van der Waals surface area contributed by atoms with Crippen LogP contribution in [-0.2, 0) is 29.7 Å². The molecule has 2 aromatic carbocycles. The Balaban J connectivity index is 1.19. The fraction of sp³-hybridized carbons (Fsp3) is 0.121. The number of aromatic amines is 2. The lowest BCUT2D eigenvalue weighted by Crippen LogP contribution is -2.21. The van der Waals surface area contributed by atoms with Crippen molar-refractivity contribution < 1.29 is 12.8 Å². The van der Waals surface area contributed by atoms with Gasteiger partial charge in [0.15, 0.2) is 11.5 Å². The first kappa shape index (κ1) is 29.3. The number of rotatable bonds is 10. The molecule has 4 N–H and O–H groups in total. The van der Waals surface area contributed by atoms with E-state index in [-0.39, 0.29) is 6.54 Å². The number of pyridine rings is 3. The van der Waals surface area contributed by atoms with E-state index in [9.17, 15) is 12.8 Å². The van der Waals surface area contributed by atoms with Crippen LogP contribution in [-0.4, -0.2) is 49.8 Å². The molecule has 0 aliphatic carbocycles. The highest BCUT2D eigenvalue weighted by Crippen LogP contribution is 2.32. The normalized spacial score (nSPS) is 11.9. The van der Waals surface area contributed by atoms with Crippen LogP contribution in [0.4, 0.5) is 4.39 Å². The second kappa shape index (κ2) is 12.2. The number of benzene rings is 2. The van der Waals surface area contributed by atoms with E-state index in [2.05, 4.69) is 58.4 Å². The number of sulfonamides is 1. The first-order valence-corrected chi connectivity index (χ1v) is 16.3. The molecular formula is C33H28FN9O2S. The number of aromatic nitrogens is 7. The largest absolute Gasteiger partial charge is 0.336 e. The van der Waals surface area contributed by atoms with Crippen LogP contribution >= 0.6 is 0 Å². The summed E-state index contributed by atoms with van der Waals surface area (Å²) in [5.41, 5.74) is 7.79. The van der Waals surface area contributed by atoms with Crippen LogP contribution in [0, 0.1) is 5.82 Å². The molecule has 0 amide bonds. The van der Waals surface area contributed by atoms with Crippen LogP contribution in [0.15, 0.2) is 91.5 Å². The number of fused-ring (bicyclic) bond motifs is 2. The minimum atomic E-state index is -3.45. The topological polar surface area (TPSA) is 154 Å². The lowest BCUT2D eigenvalue weighted by Gasteiger charge is -2.07. The van der Waals surface area contributed by atoms with Crippen molar-refractivity contribution in [3.8, 4) is 33.9 Å². The van der Waals surface area contributed by atoms with Gasteiger partial charge in [-0.1, -0.05) is 30.3 Å². The van der Waals surface area contributed by atoms with Crippen molar-refractivity contribution in [2.45, 2.75) is 19.6 Å². The van der Waals surface area contributed by atoms with Gasteiger partial charge in [-0.3, -0.25) is 15.1 Å². The Bertz CT molecular complexity index is 2300. The minimum absolute atomic E-state index is 0.0530. The van der Waals surface area contributed by atoms with E-state index in [1.807, 2.05) is 30.5 Å². The molecule has 5 heterocycles. The Morgan fingerprint density at radius 3 is 2.46 bits per heavy atom. The number of nitrogens with one attached hydrogen (secondary N) is 4. The number of hydrogen-bond donors (Lipinski definition) is 4. The van der Waals surface area contributed by atoms with Crippen molar-refractivity contribution in [2.24, 2.45) is 0 Å². The summed E-state index contributed by atoms with van der Waals surface area (Å²) in [4.78, 5) is 21.7. The summed E-state index contributed by atoms with van der Waals surface area (Å²) in [5.74, 6) is -0.0263. The fourth-order valence-corrected chi connectivity index (χ4v) is 5.72. The van der Waals surface area contributed by atoms with E-state index in [1.165, 1.54) is 17.7 Å². The number of nitrogens with zero attached hydrogens (tertiary/aromatic N) is 5. The summed E-state index contributed by atoms with van der Waals surface area (Å²) < 4.78 is 40.2. The molecule has 0 atom stereocenters. The molecule has 0 saturated heterocycles. The predicted molar refractivity (Wildman–Crippen MR) is 174 cm³/mol. The molecule has 0 bridgehead atoms. The molecule has 0 radical (unpaired) electrons. The van der Waals surface area contributed by atoms with Crippen LogP contribution in [0.5, 0.6) is 0 Å². The van der Waals surface area contributed by atoms with Gasteiger partial charge in [0.2, 0.25) is 10.0 Å². The molecule has 0 aliphatic heterocycles. The van der Waals surface area contributed by atoms with Gasteiger partial charge in [-0.05, 0) is 53.1 Å². The summed E-state index contributed by atoms with van der Waals surface area (Å²) in [6.45, 7) is 1.37. The Hall–Kier alpha value is -5.37. The Labute approximate surface area is 263 Å². The Morgan fingerprint density at radius 2 is 1.61 bits per heavy atom. The molecule has 0 fully saturated rings. The van der Waals surface area contributed by atoms with Crippen LogP contribution in [0.25, 0.3) is 56.0 Å². The van der Waals surface area contributed by atoms with Gasteiger partial charge in [0.25, 0.3) is 0 Å². The van der Waals surface area contributed by atoms with Crippen molar-refractivity contribution in [1.29, 1.82) is 0 Å². The van der Waals surface area contributed by atoms with E-state index < -0.39 is 15.8 Å². The zero-order valence-electron chi connectivity index (χ0n) is 24.6. The SMILES string of the molecule is CS(=O)(=O)NCc1cc(F)cc(-c2nccc3[nH]c(-c4n[nH]c5ncc(-c6cncc(CNCc7ccccc7)c6)cc45)nc23)c1. The molecule has 5 aromatic heterocycles. The van der Waals surface area contributed by atoms with Crippen molar-refractivity contribution in [1.82, 2.24) is 45.2 Å². The van der Waals surface area contributed by atoms with E-state index >= 15 is 0 Å². The van der Waals surface area contributed by atoms with Gasteiger partial charge in [-0.2, -0.15) is 5.10 Å². The van der Waals surface area contributed by atoms with Crippen molar-refractivity contribution in [3.05, 3.63) is 114 Å². The summed E-state index contributed by atoms with van der Waals surface area (Å²) >= 11 is 0. The van der Waals surface area contributed by atoms with Gasteiger partial charge in [0.05, 0.1) is 22.9 Å². The highest BCUT2D eigenvalue weighted by molar-refractivity contribution is 7.88. The van der Waals surface area contributed by atoms with E-state index in [4.69, 9.17) is 4.98 Å². The first-order chi connectivity index (χ1) is 22.3. The molecule has 0 aliphatic rings. The smallest absolute Gasteiger partial charge is 0.209 e. The quantitative estimate of drug-likeness (QED) is 0.162. The van der Waals surface area contributed by atoms with Gasteiger partial charge in [-0.15, -0.1) is 0 Å². The average molecular weight is 634 g/mol. The molecule has 0 spiro atoms. The maximum Gasteiger partial charge on any atom is 0.209 e. The molecule has 230 valence electrons. The molecule has 11 nitrogen and oxygen atoms in total. The van der Waals surface area contributed by atoms with Gasteiger partial charge >= 0.3 is 0 Å². The number of H-pyrrole nitrogens is 2. The minimum Gasteiger partial charge on any atom is -0.336 e. The summed E-state index contributed by atoms with van der Waals surface area (Å²) in [6.07, 6.45) is 8.10. The molecule has 0 saturated carbocycles. The lowest BCUT2D eigenvalue weighted by molar-refractivity contribution is 0.586. The zero-order valence-corrected chi connectivity index (χ0v) is 25.4. The molecule has 13 heteroatoms. The summed E-state index contributed by atoms with van der Waals surface area (Å²) in [6, 6.07) is 20.4. The van der Waals surface area contributed by atoms with Crippen LogP contribution < -0.4 is 10.0 Å². The van der Waals surface area contributed by atoms with Crippen LogP contribution in [0.3, 0.4) is 0 Å². The molecule has 7 rings (SSSR count). The monoisotopic (exact) mass is 633 g/mol. The van der Waals surface area contributed by atoms with Crippen molar-refractivity contribution >= 4 is 32.1 Å². The van der Waals surface area contributed by atoms with Crippen LogP contribution in [0.2, 0.25) is 0 Å². The van der Waals surface area contributed by atoms with E-state index in [1.54, 1.807) is 30.7 Å². The lowest BCUT2D eigenvalue weighted by atomic mass is 10.1. The third-order valence-electron chi connectivity index (χ3n) is 7.44. The highest BCUT2D eigenvalue weighted by Gasteiger charge is 2.18. The van der Waals surface area contributed by atoms with Crippen molar-refractivity contribution in [2.75, 3.05) is 6.26 Å². The van der Waals surface area contributed by atoms with Gasteiger partial charge in [0.1, 0.15) is 17.0 Å². The average Bonchev–Trinajstić information content (AvgIpc) is 3.68. The van der Waals surface area contributed by atoms with Gasteiger partial charge in [-0.25, -0.2) is 27.5 Å². The summed E-state index contributed by atoms with van der Waals surface area (Å²) in [5, 5.41) is 11.7. The fourth-order valence-electron chi connectivity index (χ4n) is 5.29. The van der Waals surface area contributed by atoms with Gasteiger partial charge in [0, 0.05) is 61.1 Å². The highest BCUT2D eigenvalue weighted by atomic mass is 32.2. The van der Waals surface area contributed by atoms with E-state index in [0.29, 0.717) is 51.6 Å². The zero-order chi connectivity index (χ0) is 31.7. The molecule has 46 heavy (non-hydrogen) atoms. The van der Waals surface area contributed by atoms with Gasteiger partial charge < -0.3 is 10.3 Å². The third-order valence-corrected chi connectivity index (χ3v) is 8.11. The van der Waals surface area contributed by atoms with Crippen LogP contribution in [0.1, 0.15) is 16.7 Å². The van der Waals surface area contributed by atoms with E-state index in [0.717, 1.165) is 34.9 Å².